The molecule has 0 atom stereocenters. The number of nitrogens with zero attached hydrogens (tertiary/aromatic N) is 1. The molecule has 1 aromatic carbocycles. The van der Waals surface area contributed by atoms with E-state index >= 15 is 0 Å². The largest absolute Gasteiger partial charge is 0.312 e. The summed E-state index contributed by atoms with van der Waals surface area (Å²) in [5.41, 5.74) is 2.65. The fourth-order valence-corrected chi connectivity index (χ4v) is 2.10. The monoisotopic (exact) mass is 217 g/mol. The Morgan fingerprint density at radius 2 is 2.25 bits per heavy atom. The lowest BCUT2D eigenvalue weighted by Crippen LogP contribution is -2.23. The van der Waals surface area contributed by atoms with Crippen LogP contribution in [0.2, 0.25) is 0 Å². The van der Waals surface area contributed by atoms with Gasteiger partial charge in [0.25, 0.3) is 0 Å². The number of anilines is 1. The molecule has 0 bridgehead atoms. The molecule has 0 saturated carbocycles. The van der Waals surface area contributed by atoms with Gasteiger partial charge in [0, 0.05) is 24.2 Å². The van der Waals surface area contributed by atoms with Gasteiger partial charge in [-0.05, 0) is 36.6 Å². The van der Waals surface area contributed by atoms with Crippen molar-refractivity contribution in [3.05, 3.63) is 29.3 Å². The lowest BCUT2D eigenvalue weighted by atomic mass is 10.0. The minimum atomic E-state index is 0.181. The predicted molar refractivity (Wildman–Crippen MR) is 62.8 cm³/mol. The first-order valence-corrected chi connectivity index (χ1v) is 5.64. The molecule has 1 saturated heterocycles. The highest BCUT2D eigenvalue weighted by molar-refractivity contribution is 5.95. The second-order valence-corrected chi connectivity index (χ2v) is 4.00. The molecule has 3 heteroatoms. The van der Waals surface area contributed by atoms with E-state index in [1.54, 1.807) is 11.0 Å². The Bertz CT molecular complexity index is 426. The lowest BCUT2D eigenvalue weighted by Gasteiger charge is -2.17. The summed E-state index contributed by atoms with van der Waals surface area (Å²) in [6, 6.07) is 5.60. The Kier molecular flexibility index (Phi) is 3.04. The highest BCUT2D eigenvalue weighted by Gasteiger charge is 2.21. The van der Waals surface area contributed by atoms with Crippen LogP contribution in [0.5, 0.6) is 0 Å². The molecule has 0 aliphatic carbocycles. The van der Waals surface area contributed by atoms with E-state index in [1.807, 2.05) is 19.1 Å². The summed E-state index contributed by atoms with van der Waals surface area (Å²) in [5.74, 6) is 0.181. The number of hydrogen-bond acceptors (Lipinski definition) is 2. The molecule has 2 rings (SSSR count). The predicted octanol–water partition coefficient (Wildman–Crippen LogP) is 2.19. The van der Waals surface area contributed by atoms with Gasteiger partial charge in [-0.25, -0.2) is 0 Å². The maximum Gasteiger partial charge on any atom is 0.227 e. The molecule has 1 aliphatic heterocycles. The van der Waals surface area contributed by atoms with Crippen molar-refractivity contribution in [3.63, 3.8) is 0 Å². The van der Waals surface area contributed by atoms with Crippen molar-refractivity contribution in [1.82, 2.24) is 0 Å². The van der Waals surface area contributed by atoms with Crippen molar-refractivity contribution >= 4 is 17.9 Å². The third-order valence-electron chi connectivity index (χ3n) is 3.02. The molecule has 0 N–H and O–H groups in total. The van der Waals surface area contributed by atoms with Gasteiger partial charge < -0.3 is 4.90 Å². The Morgan fingerprint density at radius 3 is 2.81 bits per heavy atom. The van der Waals surface area contributed by atoms with Crippen LogP contribution in [0, 0.1) is 0 Å². The number of benzene rings is 1. The van der Waals surface area contributed by atoms with Crippen molar-refractivity contribution in [1.29, 1.82) is 0 Å². The number of aldehydes is 1. The maximum absolute atomic E-state index is 11.6. The Morgan fingerprint density at radius 1 is 1.44 bits per heavy atom. The Hall–Kier alpha value is -1.64. The molecule has 16 heavy (non-hydrogen) atoms. The Labute approximate surface area is 95.1 Å². The molecular formula is C13H15NO2. The van der Waals surface area contributed by atoms with Gasteiger partial charge in [-0.3, -0.25) is 9.59 Å². The minimum Gasteiger partial charge on any atom is -0.312 e. The van der Waals surface area contributed by atoms with Crippen LogP contribution in [0.3, 0.4) is 0 Å². The van der Waals surface area contributed by atoms with E-state index in [9.17, 15) is 9.59 Å². The average molecular weight is 217 g/mol. The van der Waals surface area contributed by atoms with Crippen molar-refractivity contribution in [2.75, 3.05) is 11.4 Å². The summed E-state index contributed by atoms with van der Waals surface area (Å²) in [4.78, 5) is 24.2. The third kappa shape index (κ3) is 1.85. The van der Waals surface area contributed by atoms with E-state index < -0.39 is 0 Å². The summed E-state index contributed by atoms with van der Waals surface area (Å²) >= 11 is 0. The first-order valence-electron chi connectivity index (χ1n) is 5.64. The zero-order valence-electron chi connectivity index (χ0n) is 9.40. The molecule has 0 aromatic heterocycles. The number of carbonyl (C=O) groups is 2. The van der Waals surface area contributed by atoms with Crippen LogP contribution < -0.4 is 4.90 Å². The second-order valence-electron chi connectivity index (χ2n) is 4.00. The summed E-state index contributed by atoms with van der Waals surface area (Å²) in [7, 11) is 0. The second kappa shape index (κ2) is 4.47. The number of aryl methyl sites for hydroxylation is 1. The molecular weight excluding hydrogens is 202 g/mol. The fourth-order valence-electron chi connectivity index (χ4n) is 2.10. The molecule has 0 radical (unpaired) electrons. The van der Waals surface area contributed by atoms with Gasteiger partial charge in [0.05, 0.1) is 0 Å². The molecule has 1 fully saturated rings. The number of hydrogen-bond donors (Lipinski definition) is 0. The van der Waals surface area contributed by atoms with Gasteiger partial charge in [-0.15, -0.1) is 0 Å². The van der Waals surface area contributed by atoms with E-state index in [0.29, 0.717) is 6.42 Å². The smallest absolute Gasteiger partial charge is 0.227 e. The number of rotatable bonds is 3. The SMILES string of the molecule is CCc1cc(N2CCCC2=O)ccc1C=O. The number of amides is 1. The van der Waals surface area contributed by atoms with E-state index in [4.69, 9.17) is 0 Å². The normalized spacial score (nSPS) is 15.6. The van der Waals surface area contributed by atoms with Gasteiger partial charge >= 0.3 is 0 Å². The highest BCUT2D eigenvalue weighted by atomic mass is 16.2. The van der Waals surface area contributed by atoms with Crippen molar-refractivity contribution in [3.8, 4) is 0 Å². The van der Waals surface area contributed by atoms with E-state index in [0.717, 1.165) is 42.5 Å². The average Bonchev–Trinajstić information content (AvgIpc) is 2.74. The van der Waals surface area contributed by atoms with Crippen molar-refractivity contribution in [2.24, 2.45) is 0 Å². The summed E-state index contributed by atoms with van der Waals surface area (Å²) in [6.07, 6.45) is 3.24. The van der Waals surface area contributed by atoms with Crippen LogP contribution in [-0.4, -0.2) is 18.7 Å². The summed E-state index contributed by atoms with van der Waals surface area (Å²) in [5, 5.41) is 0. The van der Waals surface area contributed by atoms with Crippen LogP contribution in [0.15, 0.2) is 18.2 Å². The molecule has 1 amide bonds. The zero-order valence-corrected chi connectivity index (χ0v) is 9.40. The van der Waals surface area contributed by atoms with Gasteiger partial charge in [0.1, 0.15) is 6.29 Å². The minimum absolute atomic E-state index is 0.181. The fraction of sp³-hybridized carbons (Fsp3) is 0.385. The first-order chi connectivity index (χ1) is 7.76. The van der Waals surface area contributed by atoms with Crippen LogP contribution in [0.1, 0.15) is 35.7 Å². The third-order valence-corrected chi connectivity index (χ3v) is 3.02. The van der Waals surface area contributed by atoms with E-state index in [-0.39, 0.29) is 5.91 Å². The first kappa shape index (κ1) is 10.9. The molecule has 0 unspecified atom stereocenters. The highest BCUT2D eigenvalue weighted by Crippen LogP contribution is 2.24. The van der Waals surface area contributed by atoms with Gasteiger partial charge in [0.15, 0.2) is 0 Å². The van der Waals surface area contributed by atoms with Gasteiger partial charge in [-0.1, -0.05) is 6.92 Å². The lowest BCUT2D eigenvalue weighted by molar-refractivity contribution is -0.117. The molecule has 1 heterocycles. The molecule has 84 valence electrons. The van der Waals surface area contributed by atoms with E-state index in [2.05, 4.69) is 0 Å². The van der Waals surface area contributed by atoms with Gasteiger partial charge in [0.2, 0.25) is 5.91 Å². The number of carbonyl (C=O) groups excluding carboxylic acids is 2. The Balaban J connectivity index is 2.35. The molecule has 3 nitrogen and oxygen atoms in total. The van der Waals surface area contributed by atoms with Crippen LogP contribution in [0.4, 0.5) is 5.69 Å². The van der Waals surface area contributed by atoms with E-state index in [1.165, 1.54) is 0 Å². The maximum atomic E-state index is 11.6. The van der Waals surface area contributed by atoms with Crippen LogP contribution in [0.25, 0.3) is 0 Å². The van der Waals surface area contributed by atoms with Crippen LogP contribution in [-0.2, 0) is 11.2 Å². The van der Waals surface area contributed by atoms with Crippen LogP contribution >= 0.6 is 0 Å². The zero-order chi connectivity index (χ0) is 11.5. The van der Waals surface area contributed by atoms with Crippen molar-refractivity contribution < 1.29 is 9.59 Å². The molecule has 0 spiro atoms. The molecule has 1 aromatic rings. The topological polar surface area (TPSA) is 37.4 Å². The summed E-state index contributed by atoms with van der Waals surface area (Å²) in [6.45, 7) is 2.81. The van der Waals surface area contributed by atoms with Crippen molar-refractivity contribution in [2.45, 2.75) is 26.2 Å². The van der Waals surface area contributed by atoms with Gasteiger partial charge in [-0.2, -0.15) is 0 Å². The quantitative estimate of drug-likeness (QED) is 0.728. The molecule has 1 aliphatic rings. The summed E-state index contributed by atoms with van der Waals surface area (Å²) < 4.78 is 0. The standard InChI is InChI=1S/C13H15NO2/c1-2-10-8-12(6-5-11(10)9-15)14-7-3-4-13(14)16/h5-6,8-9H,2-4,7H2,1H3.